The highest BCUT2D eigenvalue weighted by Gasteiger charge is 2.22. The van der Waals surface area contributed by atoms with E-state index in [9.17, 15) is 9.59 Å². The van der Waals surface area contributed by atoms with Gasteiger partial charge in [0.25, 0.3) is 5.91 Å². The first kappa shape index (κ1) is 18.3. The summed E-state index contributed by atoms with van der Waals surface area (Å²) in [4.78, 5) is 24.2. The molecule has 132 valence electrons. The van der Waals surface area contributed by atoms with Crippen molar-refractivity contribution in [3.8, 4) is 0 Å². The molecule has 0 spiro atoms. The van der Waals surface area contributed by atoms with Crippen LogP contribution in [0.25, 0.3) is 0 Å². The first-order chi connectivity index (χ1) is 11.6. The second kappa shape index (κ2) is 9.27. The Morgan fingerprint density at radius 2 is 1.96 bits per heavy atom. The van der Waals surface area contributed by atoms with Gasteiger partial charge in [0.05, 0.1) is 18.7 Å². The van der Waals surface area contributed by atoms with Crippen molar-refractivity contribution in [2.24, 2.45) is 5.92 Å². The van der Waals surface area contributed by atoms with Crippen LogP contribution in [-0.4, -0.2) is 42.7 Å². The summed E-state index contributed by atoms with van der Waals surface area (Å²) in [6, 6.07) is 7.28. The van der Waals surface area contributed by atoms with Crippen LogP contribution in [0.3, 0.4) is 0 Å². The van der Waals surface area contributed by atoms with E-state index >= 15 is 0 Å². The van der Waals surface area contributed by atoms with Crippen molar-refractivity contribution >= 4 is 17.5 Å². The normalized spacial score (nSPS) is 20.2. The Hall–Kier alpha value is -2.08. The summed E-state index contributed by atoms with van der Waals surface area (Å²) >= 11 is 0. The predicted molar refractivity (Wildman–Crippen MR) is 93.9 cm³/mol. The highest BCUT2D eigenvalue weighted by Crippen LogP contribution is 2.23. The van der Waals surface area contributed by atoms with E-state index in [0.717, 1.165) is 19.3 Å². The van der Waals surface area contributed by atoms with Gasteiger partial charge in [0.15, 0.2) is 0 Å². The Bertz CT molecular complexity index is 562. The van der Waals surface area contributed by atoms with Crippen molar-refractivity contribution in [2.45, 2.75) is 38.6 Å². The molecular weight excluding hydrogens is 306 g/mol. The molecule has 1 aromatic rings. The number of carbonyl (C=O) groups is 2. The molecule has 1 aliphatic rings. The van der Waals surface area contributed by atoms with Crippen LogP contribution in [0.5, 0.6) is 0 Å². The molecule has 1 saturated carbocycles. The molecule has 0 aliphatic heterocycles. The number of hydrogen-bond donors (Lipinski definition) is 4. The Kier molecular flexibility index (Phi) is 7.06. The van der Waals surface area contributed by atoms with E-state index in [1.54, 1.807) is 18.2 Å². The SMILES string of the molecule is CC1CCCCC1NC(=O)CNc1ccccc1C(=O)NCCO. The lowest BCUT2D eigenvalue weighted by atomic mass is 9.86. The Balaban J connectivity index is 1.89. The van der Waals surface area contributed by atoms with Crippen molar-refractivity contribution in [1.82, 2.24) is 10.6 Å². The summed E-state index contributed by atoms with van der Waals surface area (Å²) < 4.78 is 0. The average Bonchev–Trinajstić information content (AvgIpc) is 2.60. The summed E-state index contributed by atoms with van der Waals surface area (Å²) in [5.74, 6) is 0.187. The van der Waals surface area contributed by atoms with Gasteiger partial charge in [0.2, 0.25) is 5.91 Å². The number of hydrogen-bond acceptors (Lipinski definition) is 4. The zero-order chi connectivity index (χ0) is 17.4. The van der Waals surface area contributed by atoms with Gasteiger partial charge in [-0.3, -0.25) is 9.59 Å². The quantitative estimate of drug-likeness (QED) is 0.609. The minimum absolute atomic E-state index is 0.0562. The molecule has 1 aromatic carbocycles. The van der Waals surface area contributed by atoms with Crippen LogP contribution in [0.1, 0.15) is 43.0 Å². The molecular formula is C18H27N3O3. The summed E-state index contributed by atoms with van der Waals surface area (Å²) in [7, 11) is 0. The van der Waals surface area contributed by atoms with Gasteiger partial charge in [-0.2, -0.15) is 0 Å². The zero-order valence-corrected chi connectivity index (χ0v) is 14.2. The number of carbonyl (C=O) groups excluding carboxylic acids is 2. The third kappa shape index (κ3) is 5.23. The third-order valence-corrected chi connectivity index (χ3v) is 4.47. The van der Waals surface area contributed by atoms with E-state index in [1.165, 1.54) is 6.42 Å². The monoisotopic (exact) mass is 333 g/mol. The fourth-order valence-corrected chi connectivity index (χ4v) is 3.06. The van der Waals surface area contributed by atoms with Gasteiger partial charge in [-0.25, -0.2) is 0 Å². The number of nitrogens with one attached hydrogen (secondary N) is 3. The molecule has 1 aliphatic carbocycles. The van der Waals surface area contributed by atoms with Crippen LogP contribution >= 0.6 is 0 Å². The first-order valence-electron chi connectivity index (χ1n) is 8.63. The van der Waals surface area contributed by atoms with Crippen molar-refractivity contribution in [3.05, 3.63) is 29.8 Å². The molecule has 24 heavy (non-hydrogen) atoms. The highest BCUT2D eigenvalue weighted by atomic mass is 16.3. The summed E-state index contributed by atoms with van der Waals surface area (Å²) in [5, 5.41) is 17.5. The largest absolute Gasteiger partial charge is 0.395 e. The van der Waals surface area contributed by atoms with E-state index in [1.807, 2.05) is 6.07 Å². The van der Waals surface area contributed by atoms with Gasteiger partial charge >= 0.3 is 0 Å². The molecule has 2 unspecified atom stereocenters. The number of rotatable bonds is 7. The average molecular weight is 333 g/mol. The van der Waals surface area contributed by atoms with Crippen LogP contribution in [0.2, 0.25) is 0 Å². The Morgan fingerprint density at radius 1 is 1.21 bits per heavy atom. The standard InChI is InChI=1S/C18H27N3O3/c1-13-6-2-4-8-15(13)21-17(23)12-20-16-9-5-3-7-14(16)18(24)19-10-11-22/h3,5,7,9,13,15,20,22H,2,4,6,8,10-12H2,1H3,(H,19,24)(H,21,23). The molecule has 0 bridgehead atoms. The molecule has 6 nitrogen and oxygen atoms in total. The van der Waals surface area contributed by atoms with Gasteiger partial charge in [0, 0.05) is 18.3 Å². The van der Waals surface area contributed by atoms with E-state index in [4.69, 9.17) is 5.11 Å². The molecule has 0 aromatic heterocycles. The van der Waals surface area contributed by atoms with Gasteiger partial charge in [-0.1, -0.05) is 31.9 Å². The molecule has 0 heterocycles. The molecule has 1 fully saturated rings. The second-order valence-electron chi connectivity index (χ2n) is 6.31. The van der Waals surface area contributed by atoms with Crippen LogP contribution in [0.4, 0.5) is 5.69 Å². The molecule has 4 N–H and O–H groups in total. The number of para-hydroxylation sites is 1. The van der Waals surface area contributed by atoms with Gasteiger partial charge in [-0.05, 0) is 30.9 Å². The summed E-state index contributed by atoms with van der Waals surface area (Å²) in [6.45, 7) is 2.41. The van der Waals surface area contributed by atoms with Crippen molar-refractivity contribution in [2.75, 3.05) is 25.0 Å². The van der Waals surface area contributed by atoms with Crippen LogP contribution in [0, 0.1) is 5.92 Å². The van der Waals surface area contributed by atoms with Gasteiger partial charge in [0.1, 0.15) is 0 Å². The van der Waals surface area contributed by atoms with Gasteiger partial charge < -0.3 is 21.1 Å². The fourth-order valence-electron chi connectivity index (χ4n) is 3.06. The Labute approximate surface area is 143 Å². The van der Waals surface area contributed by atoms with Crippen LogP contribution in [0.15, 0.2) is 24.3 Å². The number of anilines is 1. The second-order valence-corrected chi connectivity index (χ2v) is 6.31. The lowest BCUT2D eigenvalue weighted by Crippen LogP contribution is -2.43. The molecule has 2 atom stereocenters. The smallest absolute Gasteiger partial charge is 0.253 e. The maximum atomic E-state index is 12.2. The van der Waals surface area contributed by atoms with Crippen molar-refractivity contribution in [1.29, 1.82) is 0 Å². The van der Waals surface area contributed by atoms with Crippen LogP contribution < -0.4 is 16.0 Å². The lowest BCUT2D eigenvalue weighted by Gasteiger charge is -2.29. The topological polar surface area (TPSA) is 90.5 Å². The number of aliphatic hydroxyl groups is 1. The van der Waals surface area contributed by atoms with Crippen molar-refractivity contribution in [3.63, 3.8) is 0 Å². The lowest BCUT2D eigenvalue weighted by molar-refractivity contribution is -0.120. The highest BCUT2D eigenvalue weighted by molar-refractivity contribution is 6.00. The molecule has 2 amide bonds. The molecule has 0 radical (unpaired) electrons. The number of benzene rings is 1. The molecule has 2 rings (SSSR count). The zero-order valence-electron chi connectivity index (χ0n) is 14.2. The van der Waals surface area contributed by atoms with Crippen LogP contribution in [-0.2, 0) is 4.79 Å². The number of amides is 2. The number of aliphatic hydroxyl groups excluding tert-OH is 1. The van der Waals surface area contributed by atoms with E-state index in [2.05, 4.69) is 22.9 Å². The van der Waals surface area contributed by atoms with E-state index in [0.29, 0.717) is 17.2 Å². The minimum Gasteiger partial charge on any atom is -0.395 e. The van der Waals surface area contributed by atoms with E-state index in [-0.39, 0.29) is 37.6 Å². The first-order valence-corrected chi connectivity index (χ1v) is 8.63. The van der Waals surface area contributed by atoms with Crippen molar-refractivity contribution < 1.29 is 14.7 Å². The third-order valence-electron chi connectivity index (χ3n) is 4.47. The molecule has 0 saturated heterocycles. The van der Waals surface area contributed by atoms with Gasteiger partial charge in [-0.15, -0.1) is 0 Å². The summed E-state index contributed by atoms with van der Waals surface area (Å²) in [6.07, 6.45) is 4.60. The fraction of sp³-hybridized carbons (Fsp3) is 0.556. The van der Waals surface area contributed by atoms with E-state index < -0.39 is 0 Å². The Morgan fingerprint density at radius 3 is 2.71 bits per heavy atom. The summed E-state index contributed by atoms with van der Waals surface area (Å²) in [5.41, 5.74) is 1.07. The molecule has 6 heteroatoms. The maximum absolute atomic E-state index is 12.2. The predicted octanol–water partition coefficient (Wildman–Crippen LogP) is 1.52. The minimum atomic E-state index is -0.270. The maximum Gasteiger partial charge on any atom is 0.253 e.